The zero-order chi connectivity index (χ0) is 23.9. The monoisotopic (exact) mass is 470 g/mol. The summed E-state index contributed by atoms with van der Waals surface area (Å²) in [6.45, 7) is 4.04. The van der Waals surface area contributed by atoms with E-state index in [4.69, 9.17) is 9.72 Å². The van der Waals surface area contributed by atoms with Gasteiger partial charge in [0.2, 0.25) is 5.91 Å². The molecule has 3 heterocycles. The normalized spacial score (nSPS) is 24.7. The molecule has 0 unspecified atom stereocenters. The predicted molar refractivity (Wildman–Crippen MR) is 139 cm³/mol. The molecule has 2 fully saturated rings. The fourth-order valence-electron chi connectivity index (χ4n) is 6.52. The van der Waals surface area contributed by atoms with Crippen molar-refractivity contribution >= 4 is 22.6 Å². The maximum absolute atomic E-state index is 13.6. The second-order valence-electron chi connectivity index (χ2n) is 10.4. The van der Waals surface area contributed by atoms with Gasteiger partial charge < -0.3 is 19.4 Å². The molecular weight excluding hydrogens is 436 g/mol. The number of para-hydroxylation sites is 1. The van der Waals surface area contributed by atoms with E-state index < -0.39 is 0 Å². The number of benzene rings is 2. The number of piperazine rings is 1. The summed E-state index contributed by atoms with van der Waals surface area (Å²) in [4.78, 5) is 25.3. The van der Waals surface area contributed by atoms with Crippen molar-refractivity contribution in [3.63, 3.8) is 0 Å². The molecule has 6 nitrogen and oxygen atoms in total. The van der Waals surface area contributed by atoms with Crippen molar-refractivity contribution in [3.8, 4) is 5.75 Å². The van der Waals surface area contributed by atoms with Crippen LogP contribution in [-0.4, -0.2) is 73.6 Å². The lowest BCUT2D eigenvalue weighted by atomic mass is 9.72. The number of fused-ring (bicyclic) bond motifs is 3. The van der Waals surface area contributed by atoms with Gasteiger partial charge >= 0.3 is 0 Å². The van der Waals surface area contributed by atoms with E-state index in [2.05, 4.69) is 64.2 Å². The number of piperidine rings is 1. The van der Waals surface area contributed by atoms with Crippen molar-refractivity contribution in [1.82, 2.24) is 14.8 Å². The van der Waals surface area contributed by atoms with Gasteiger partial charge in [0.05, 0.1) is 18.5 Å². The van der Waals surface area contributed by atoms with Crippen LogP contribution in [0.1, 0.15) is 17.5 Å². The highest BCUT2D eigenvalue weighted by Crippen LogP contribution is 2.40. The molecule has 35 heavy (non-hydrogen) atoms. The van der Waals surface area contributed by atoms with E-state index in [9.17, 15) is 4.79 Å². The number of pyridine rings is 1. The summed E-state index contributed by atoms with van der Waals surface area (Å²) in [5.41, 5.74) is 3.77. The van der Waals surface area contributed by atoms with Gasteiger partial charge in [0.15, 0.2) is 0 Å². The van der Waals surface area contributed by atoms with Crippen molar-refractivity contribution in [3.05, 3.63) is 65.7 Å². The second kappa shape index (κ2) is 9.15. The molecule has 3 atom stereocenters. The Morgan fingerprint density at radius 2 is 1.80 bits per heavy atom. The first-order valence-electron chi connectivity index (χ1n) is 12.8. The van der Waals surface area contributed by atoms with E-state index >= 15 is 0 Å². The van der Waals surface area contributed by atoms with Crippen molar-refractivity contribution < 1.29 is 9.53 Å². The molecule has 0 N–H and O–H groups in total. The summed E-state index contributed by atoms with van der Waals surface area (Å²) in [6.07, 6.45) is 3.02. The second-order valence-corrected chi connectivity index (χ2v) is 10.4. The van der Waals surface area contributed by atoms with Crippen LogP contribution in [0, 0.1) is 11.8 Å². The number of methoxy groups -OCH3 is 1. The first-order chi connectivity index (χ1) is 17.1. The molecule has 3 aromatic rings. The minimum Gasteiger partial charge on any atom is -0.496 e. The Bertz CT molecular complexity index is 1240. The number of likely N-dealkylation sites (tertiary alicyclic amines) is 1. The summed E-state index contributed by atoms with van der Waals surface area (Å²) >= 11 is 0. The number of carbonyl (C=O) groups is 1. The molecule has 1 aliphatic carbocycles. The maximum atomic E-state index is 13.6. The van der Waals surface area contributed by atoms with Gasteiger partial charge in [-0.15, -0.1) is 0 Å². The number of likely N-dealkylation sites (N-methyl/N-ethyl adjacent to an activating group) is 1. The van der Waals surface area contributed by atoms with Gasteiger partial charge in [-0.05, 0) is 67.6 Å². The third-order valence-electron chi connectivity index (χ3n) is 8.40. The highest BCUT2D eigenvalue weighted by molar-refractivity contribution is 5.81. The van der Waals surface area contributed by atoms with Crippen LogP contribution in [0.25, 0.3) is 10.9 Å². The Morgan fingerprint density at radius 1 is 0.971 bits per heavy atom. The summed E-state index contributed by atoms with van der Waals surface area (Å²) in [5, 5.41) is 1.16. The van der Waals surface area contributed by atoms with Crippen molar-refractivity contribution in [2.24, 2.45) is 11.8 Å². The van der Waals surface area contributed by atoms with Crippen molar-refractivity contribution in [2.75, 3.05) is 51.8 Å². The summed E-state index contributed by atoms with van der Waals surface area (Å²) < 4.78 is 5.66. The summed E-state index contributed by atoms with van der Waals surface area (Å²) in [7, 11) is 3.96. The molecule has 2 aliphatic heterocycles. The number of rotatable bonds is 3. The summed E-state index contributed by atoms with van der Waals surface area (Å²) in [6, 6.07) is 19.4. The number of hydrogen-bond acceptors (Lipinski definition) is 5. The molecule has 0 saturated carbocycles. The zero-order valence-electron chi connectivity index (χ0n) is 20.7. The third kappa shape index (κ3) is 4.14. The molecule has 3 aliphatic rings. The Balaban J connectivity index is 1.11. The average molecular weight is 471 g/mol. The van der Waals surface area contributed by atoms with Crippen LogP contribution in [0.3, 0.4) is 0 Å². The minimum atomic E-state index is 0.0721. The Morgan fingerprint density at radius 3 is 2.63 bits per heavy atom. The highest BCUT2D eigenvalue weighted by atomic mass is 16.5. The molecule has 0 spiro atoms. The molecule has 1 aromatic heterocycles. The number of nitrogens with zero attached hydrogens (tertiary/aromatic N) is 4. The molecule has 6 heteroatoms. The fraction of sp³-hybridized carbons (Fsp3) is 0.448. The number of hydrogen-bond donors (Lipinski definition) is 0. The number of amides is 1. The van der Waals surface area contributed by atoms with E-state index in [0.29, 0.717) is 17.9 Å². The first-order valence-corrected chi connectivity index (χ1v) is 12.8. The molecular formula is C29H34N4O2. The van der Waals surface area contributed by atoms with E-state index in [1.165, 1.54) is 11.1 Å². The van der Waals surface area contributed by atoms with Crippen LogP contribution in [-0.2, 0) is 17.6 Å². The van der Waals surface area contributed by atoms with Crippen molar-refractivity contribution in [2.45, 2.75) is 25.3 Å². The number of anilines is 1. The maximum Gasteiger partial charge on any atom is 0.227 e. The molecule has 0 radical (unpaired) electrons. The largest absolute Gasteiger partial charge is 0.496 e. The van der Waals surface area contributed by atoms with E-state index in [1.54, 1.807) is 7.11 Å². The Labute approximate surface area is 207 Å². The van der Waals surface area contributed by atoms with E-state index in [1.807, 2.05) is 12.1 Å². The smallest absolute Gasteiger partial charge is 0.227 e. The molecule has 2 saturated heterocycles. The number of ether oxygens (including phenoxy) is 1. The fourth-order valence-corrected chi connectivity index (χ4v) is 6.52. The van der Waals surface area contributed by atoms with Crippen LogP contribution in [0.4, 0.5) is 5.82 Å². The van der Waals surface area contributed by atoms with Gasteiger partial charge in [0.25, 0.3) is 0 Å². The average Bonchev–Trinajstić information content (AvgIpc) is 2.91. The SMILES string of the molecule is COc1cccc2c1C[C@H]1C[C@@H](C(=O)N3CCN(c4ccc5ccccc5n4)CC3)CN(C)[C@@H]1C2. The minimum absolute atomic E-state index is 0.0721. The van der Waals surface area contributed by atoms with Gasteiger partial charge in [-0.3, -0.25) is 4.79 Å². The number of carbonyl (C=O) groups excluding carboxylic acids is 1. The molecule has 1 amide bonds. The first kappa shape index (κ1) is 22.4. The lowest BCUT2D eigenvalue weighted by molar-refractivity contribution is -0.139. The summed E-state index contributed by atoms with van der Waals surface area (Å²) in [5.74, 6) is 2.89. The molecule has 0 bridgehead atoms. The van der Waals surface area contributed by atoms with Crippen LogP contribution in [0.5, 0.6) is 5.75 Å². The Hall–Kier alpha value is -3.12. The molecule has 2 aromatic carbocycles. The van der Waals surface area contributed by atoms with Gasteiger partial charge in [0, 0.05) is 44.2 Å². The van der Waals surface area contributed by atoms with Crippen LogP contribution in [0.2, 0.25) is 0 Å². The predicted octanol–water partition coefficient (Wildman–Crippen LogP) is 3.63. The number of aromatic nitrogens is 1. The van der Waals surface area contributed by atoms with E-state index in [-0.39, 0.29) is 5.92 Å². The Kier molecular flexibility index (Phi) is 5.85. The van der Waals surface area contributed by atoms with Crippen LogP contribution in [0.15, 0.2) is 54.6 Å². The lowest BCUT2D eigenvalue weighted by Gasteiger charge is -2.47. The van der Waals surface area contributed by atoms with Crippen molar-refractivity contribution in [1.29, 1.82) is 0 Å². The van der Waals surface area contributed by atoms with Gasteiger partial charge in [-0.2, -0.15) is 0 Å². The van der Waals surface area contributed by atoms with Gasteiger partial charge in [-0.1, -0.05) is 30.3 Å². The third-order valence-corrected chi connectivity index (χ3v) is 8.40. The molecule has 6 rings (SSSR count). The topological polar surface area (TPSA) is 48.9 Å². The van der Waals surface area contributed by atoms with E-state index in [0.717, 1.165) is 74.5 Å². The lowest BCUT2D eigenvalue weighted by Crippen LogP contribution is -2.56. The highest BCUT2D eigenvalue weighted by Gasteiger charge is 2.41. The van der Waals surface area contributed by atoms with Crippen LogP contribution >= 0.6 is 0 Å². The van der Waals surface area contributed by atoms with Gasteiger partial charge in [-0.25, -0.2) is 4.98 Å². The zero-order valence-corrected chi connectivity index (χ0v) is 20.7. The quantitative estimate of drug-likeness (QED) is 0.585. The van der Waals surface area contributed by atoms with Gasteiger partial charge in [0.1, 0.15) is 11.6 Å². The van der Waals surface area contributed by atoms with Crippen LogP contribution < -0.4 is 9.64 Å². The standard InChI is InChI=1S/C29H34N4O2/c1-31-19-23(16-22-17-24-21(18-26(22)31)7-5-9-27(24)35-2)29(34)33-14-12-32(13-15-33)28-11-10-20-6-3-4-8-25(20)30-28/h3-11,22-23,26H,12-19H2,1-2H3/t22-,23-,26-/m1/s1. The molecule has 182 valence electrons.